The number of cyclic esters (lactones) is 2. The number of aliphatic hydroxyl groups excluding tert-OH is 6. The number of esters is 2. The molecule has 1 saturated heterocycles. The van der Waals surface area contributed by atoms with Crippen molar-refractivity contribution in [3.8, 4) is 0 Å². The number of carboxylic acid groups (broad SMARTS) is 5. The number of aliphatic hydroxyl groups is 6. The van der Waals surface area contributed by atoms with E-state index in [2.05, 4.69) is 37.6 Å². The van der Waals surface area contributed by atoms with Gasteiger partial charge in [-0.3, -0.25) is 9.59 Å². The van der Waals surface area contributed by atoms with Gasteiger partial charge in [0.05, 0.1) is 76.5 Å². The Morgan fingerprint density at radius 3 is 0.755 bits per heavy atom. The second-order valence-corrected chi connectivity index (χ2v) is 8.50. The Hall–Kier alpha value is -5.09. The molecule has 20 heteroatoms. The first-order chi connectivity index (χ1) is 22.7. The van der Waals surface area contributed by atoms with Crippen LogP contribution in [-0.4, -0.2) is 151 Å². The number of carboxylic acids is 5. The van der Waals surface area contributed by atoms with Crippen LogP contribution in [0.2, 0.25) is 0 Å². The minimum absolute atomic E-state index is 0.141. The first-order valence-corrected chi connectivity index (χ1v) is 13.0. The Labute approximate surface area is 281 Å². The summed E-state index contributed by atoms with van der Waals surface area (Å²) in [6, 6.07) is 0. The highest BCUT2D eigenvalue weighted by atomic mass is 16.6. The lowest BCUT2D eigenvalue weighted by molar-refractivity contribution is -0.152. The quantitative estimate of drug-likeness (QED) is 0.0499. The number of ether oxygens (including phenoxy) is 2. The number of hydrogen-bond donors (Lipinski definition) is 11. The molecule has 0 radical (unpaired) electrons. The molecule has 0 unspecified atom stereocenters. The van der Waals surface area contributed by atoms with Crippen LogP contribution in [0.3, 0.4) is 0 Å². The summed E-state index contributed by atoms with van der Waals surface area (Å²) in [6.45, 7) is 11.8. The molecule has 11 N–H and O–H groups in total. The molecule has 0 atom stereocenters. The van der Waals surface area contributed by atoms with Crippen molar-refractivity contribution in [1.29, 1.82) is 0 Å². The summed E-state index contributed by atoms with van der Waals surface area (Å²) in [5, 5.41) is 92.2. The van der Waals surface area contributed by atoms with Crippen LogP contribution in [0, 0.1) is 10.8 Å². The summed E-state index contributed by atoms with van der Waals surface area (Å²) in [5.74, 6) is -5.70. The largest absolute Gasteiger partial charge is 0.478 e. The van der Waals surface area contributed by atoms with Crippen LogP contribution in [-0.2, 0) is 43.0 Å². The predicted molar refractivity (Wildman–Crippen MR) is 168 cm³/mol. The topological polar surface area (TPSA) is 360 Å². The zero-order valence-corrected chi connectivity index (χ0v) is 26.6. The van der Waals surface area contributed by atoms with Crippen molar-refractivity contribution in [2.75, 3.05) is 52.9 Å². The lowest BCUT2D eigenvalue weighted by Gasteiger charge is -2.31. The molecule has 1 heterocycles. The van der Waals surface area contributed by atoms with E-state index in [4.69, 9.17) is 60.9 Å². The van der Waals surface area contributed by atoms with E-state index in [9.17, 15) is 33.6 Å². The number of carbonyl (C=O) groups is 7. The van der Waals surface area contributed by atoms with E-state index in [1.165, 1.54) is 0 Å². The van der Waals surface area contributed by atoms with E-state index in [-0.39, 0.29) is 26.1 Å². The van der Waals surface area contributed by atoms with Gasteiger partial charge in [0.2, 0.25) is 0 Å². The number of carbonyl (C=O) groups excluding carboxylic acids is 2. The summed E-state index contributed by atoms with van der Waals surface area (Å²) in [6.07, 6.45) is 4.69. The summed E-state index contributed by atoms with van der Waals surface area (Å²) in [7, 11) is 0. The average molecular weight is 715 g/mol. The molecule has 0 aromatic rings. The smallest absolute Gasteiger partial charge is 0.327 e. The van der Waals surface area contributed by atoms with Crippen LogP contribution in [0.5, 0.6) is 0 Å². The van der Waals surface area contributed by atoms with Gasteiger partial charge in [0.15, 0.2) is 0 Å². The summed E-state index contributed by atoms with van der Waals surface area (Å²) in [5.41, 5.74) is -2.32. The third-order valence-electron chi connectivity index (χ3n) is 4.46. The molecule has 282 valence electrons. The maximum Gasteiger partial charge on any atom is 0.327 e. The molecule has 0 bridgehead atoms. The van der Waals surface area contributed by atoms with Gasteiger partial charge in [-0.25, -0.2) is 24.0 Å². The number of hydrogen-bond acceptors (Lipinski definition) is 15. The molecule has 1 aliphatic rings. The van der Waals surface area contributed by atoms with Crippen LogP contribution in [0.25, 0.3) is 0 Å². The van der Waals surface area contributed by atoms with Crippen molar-refractivity contribution in [3.63, 3.8) is 0 Å². The monoisotopic (exact) mass is 714 g/mol. The number of rotatable bonds is 15. The van der Waals surface area contributed by atoms with E-state index < -0.39 is 92.3 Å². The van der Waals surface area contributed by atoms with E-state index >= 15 is 0 Å². The SMILES string of the molecule is C=CC(=O)O.C=CC(=O)O.C=CC(=O)O.C=CC(=O)O.C=CC(=O)O.O=C1CCC(=O)O1.OCC(CO)(CO)COCC(CO)(CO)CO. The van der Waals surface area contributed by atoms with Gasteiger partial charge < -0.3 is 65.6 Å². The van der Waals surface area contributed by atoms with Gasteiger partial charge in [0, 0.05) is 30.4 Å². The standard InChI is InChI=1S/C10H22O7.C4H4O3.5C3H4O2/c11-1-9(2-12,3-13)7-17-8-10(4-14,5-15)6-16;5-3-1-2-4(6)7-3;5*1-2-3(4)5/h11-16H,1-8H2;1-2H2;5*2H,1H2,(H,4,5). The lowest BCUT2D eigenvalue weighted by atomic mass is 9.91. The fraction of sp³-hybridized carbons (Fsp3) is 0.414. The van der Waals surface area contributed by atoms with Crippen LogP contribution in [0.1, 0.15) is 12.8 Å². The zero-order valence-electron chi connectivity index (χ0n) is 26.6. The van der Waals surface area contributed by atoms with E-state index in [1.807, 2.05) is 0 Å². The Kier molecular flexibility index (Phi) is 42.9. The Balaban J connectivity index is -0.000000121. The Bertz CT molecular complexity index is 870. The first-order valence-electron chi connectivity index (χ1n) is 13.0. The fourth-order valence-electron chi connectivity index (χ4n) is 1.49. The Morgan fingerprint density at radius 1 is 0.510 bits per heavy atom. The molecule has 0 aliphatic carbocycles. The second-order valence-electron chi connectivity index (χ2n) is 8.50. The molecular formula is C29H46O20. The molecular weight excluding hydrogens is 668 g/mol. The molecule has 49 heavy (non-hydrogen) atoms. The molecule has 1 fully saturated rings. The molecule has 0 spiro atoms. The normalized spacial score (nSPS) is 10.7. The third-order valence-corrected chi connectivity index (χ3v) is 4.46. The number of aliphatic carboxylic acids is 5. The molecule has 0 amide bonds. The van der Waals surface area contributed by atoms with Crippen molar-refractivity contribution in [2.24, 2.45) is 10.8 Å². The van der Waals surface area contributed by atoms with Crippen LogP contribution in [0.15, 0.2) is 63.3 Å². The molecule has 1 aliphatic heterocycles. The highest BCUT2D eigenvalue weighted by molar-refractivity contribution is 5.92. The van der Waals surface area contributed by atoms with Crippen molar-refractivity contribution in [3.05, 3.63) is 63.3 Å². The zero-order chi connectivity index (χ0) is 40.1. The van der Waals surface area contributed by atoms with Gasteiger partial charge in [-0.15, -0.1) is 0 Å². The molecule has 20 nitrogen and oxygen atoms in total. The summed E-state index contributed by atoms with van der Waals surface area (Å²) >= 11 is 0. The second kappa shape index (κ2) is 37.4. The fourth-order valence-corrected chi connectivity index (χ4v) is 1.49. The molecule has 0 aromatic carbocycles. The summed E-state index contributed by atoms with van der Waals surface area (Å²) < 4.78 is 9.23. The Morgan fingerprint density at radius 2 is 0.673 bits per heavy atom. The van der Waals surface area contributed by atoms with E-state index in [1.54, 1.807) is 0 Å². The van der Waals surface area contributed by atoms with Crippen LogP contribution in [0.4, 0.5) is 0 Å². The van der Waals surface area contributed by atoms with Gasteiger partial charge >= 0.3 is 41.8 Å². The third kappa shape index (κ3) is 45.1. The maximum atomic E-state index is 10.0. The first kappa shape index (κ1) is 56.3. The average Bonchev–Trinajstić information content (AvgIpc) is 3.48. The van der Waals surface area contributed by atoms with Gasteiger partial charge in [-0.1, -0.05) is 32.9 Å². The van der Waals surface area contributed by atoms with Crippen molar-refractivity contribution >= 4 is 41.8 Å². The minimum Gasteiger partial charge on any atom is -0.478 e. The maximum absolute atomic E-state index is 10.0. The highest BCUT2D eigenvalue weighted by Crippen LogP contribution is 2.19. The van der Waals surface area contributed by atoms with Crippen LogP contribution >= 0.6 is 0 Å². The predicted octanol–water partition coefficient (Wildman–Crippen LogP) is -1.94. The molecule has 1 rings (SSSR count). The highest BCUT2D eigenvalue weighted by Gasteiger charge is 2.32. The van der Waals surface area contributed by atoms with Crippen LogP contribution < -0.4 is 0 Å². The molecule has 0 aromatic heterocycles. The van der Waals surface area contributed by atoms with Crippen molar-refractivity contribution in [1.82, 2.24) is 0 Å². The van der Waals surface area contributed by atoms with E-state index in [0.717, 1.165) is 30.4 Å². The van der Waals surface area contributed by atoms with Gasteiger partial charge in [0.25, 0.3) is 0 Å². The van der Waals surface area contributed by atoms with Crippen molar-refractivity contribution < 1.29 is 99.2 Å². The summed E-state index contributed by atoms with van der Waals surface area (Å²) in [4.78, 5) is 66.3. The molecule has 0 saturated carbocycles. The lowest BCUT2D eigenvalue weighted by Crippen LogP contribution is -2.43. The van der Waals surface area contributed by atoms with Gasteiger partial charge in [0.1, 0.15) is 0 Å². The van der Waals surface area contributed by atoms with E-state index in [0.29, 0.717) is 0 Å². The van der Waals surface area contributed by atoms with Crippen molar-refractivity contribution in [2.45, 2.75) is 12.8 Å². The van der Waals surface area contributed by atoms with Gasteiger partial charge in [-0.2, -0.15) is 0 Å². The minimum atomic E-state index is -1.16. The van der Waals surface area contributed by atoms with Gasteiger partial charge in [-0.05, 0) is 0 Å².